The SMILES string of the molecule is Cn1ccnc1C1CNCCN1Cc1cccc2c1OC(C)(C)C2. The summed E-state index contributed by atoms with van der Waals surface area (Å²) in [4.78, 5) is 7.09. The Morgan fingerprint density at radius 3 is 3.04 bits per heavy atom. The van der Waals surface area contributed by atoms with Gasteiger partial charge in [0, 0.05) is 57.6 Å². The minimum Gasteiger partial charge on any atom is -0.487 e. The van der Waals surface area contributed by atoms with Crippen LogP contribution < -0.4 is 10.1 Å². The summed E-state index contributed by atoms with van der Waals surface area (Å²) in [6, 6.07) is 6.86. The average molecular weight is 326 g/mol. The van der Waals surface area contributed by atoms with Gasteiger partial charge in [-0.05, 0) is 19.4 Å². The first-order valence-corrected chi connectivity index (χ1v) is 8.75. The number of aromatic nitrogens is 2. The largest absolute Gasteiger partial charge is 0.487 e. The van der Waals surface area contributed by atoms with E-state index in [4.69, 9.17) is 4.74 Å². The molecule has 4 rings (SSSR count). The number of hydrogen-bond acceptors (Lipinski definition) is 4. The molecule has 0 radical (unpaired) electrons. The lowest BCUT2D eigenvalue weighted by atomic mass is 10.00. The predicted octanol–water partition coefficient (Wildman–Crippen LogP) is 2.28. The number of imidazole rings is 1. The van der Waals surface area contributed by atoms with Crippen LogP contribution in [0.4, 0.5) is 0 Å². The van der Waals surface area contributed by atoms with Crippen molar-refractivity contribution in [3.8, 4) is 5.75 Å². The van der Waals surface area contributed by atoms with Crippen LogP contribution in [-0.2, 0) is 20.0 Å². The van der Waals surface area contributed by atoms with Gasteiger partial charge in [0.05, 0.1) is 6.04 Å². The zero-order chi connectivity index (χ0) is 16.7. The number of ether oxygens (including phenoxy) is 1. The third-order valence-electron chi connectivity index (χ3n) is 5.06. The van der Waals surface area contributed by atoms with E-state index in [-0.39, 0.29) is 5.60 Å². The Balaban J connectivity index is 1.61. The first kappa shape index (κ1) is 15.7. The number of para-hydroxylation sites is 1. The van der Waals surface area contributed by atoms with Crippen LogP contribution in [0.5, 0.6) is 5.75 Å². The van der Waals surface area contributed by atoms with Gasteiger partial charge < -0.3 is 14.6 Å². The second-order valence-corrected chi connectivity index (χ2v) is 7.53. The highest BCUT2D eigenvalue weighted by molar-refractivity contribution is 5.45. The van der Waals surface area contributed by atoms with Gasteiger partial charge in [0.2, 0.25) is 0 Å². The number of hydrogen-bond donors (Lipinski definition) is 1. The molecule has 1 N–H and O–H groups in total. The van der Waals surface area contributed by atoms with E-state index in [0.29, 0.717) is 6.04 Å². The molecule has 0 aliphatic carbocycles. The first-order valence-electron chi connectivity index (χ1n) is 8.75. The zero-order valence-electron chi connectivity index (χ0n) is 14.7. The van der Waals surface area contributed by atoms with Gasteiger partial charge in [0.25, 0.3) is 0 Å². The molecule has 1 unspecified atom stereocenters. The van der Waals surface area contributed by atoms with Crippen molar-refractivity contribution in [1.82, 2.24) is 19.8 Å². The van der Waals surface area contributed by atoms with Gasteiger partial charge in [-0.2, -0.15) is 0 Å². The maximum absolute atomic E-state index is 6.25. The summed E-state index contributed by atoms with van der Waals surface area (Å²) in [6.45, 7) is 8.20. The summed E-state index contributed by atoms with van der Waals surface area (Å²) >= 11 is 0. The molecule has 2 aliphatic heterocycles. The van der Waals surface area contributed by atoms with Gasteiger partial charge >= 0.3 is 0 Å². The topological polar surface area (TPSA) is 42.3 Å². The second-order valence-electron chi connectivity index (χ2n) is 7.53. The number of rotatable bonds is 3. The van der Waals surface area contributed by atoms with E-state index >= 15 is 0 Å². The van der Waals surface area contributed by atoms with Crippen molar-refractivity contribution in [2.24, 2.45) is 7.05 Å². The van der Waals surface area contributed by atoms with Gasteiger partial charge in [-0.3, -0.25) is 4.90 Å². The molecule has 0 spiro atoms. The molecule has 5 nitrogen and oxygen atoms in total. The molecule has 1 saturated heterocycles. The number of aryl methyl sites for hydroxylation is 1. The lowest BCUT2D eigenvalue weighted by Gasteiger charge is -2.36. The molecule has 2 aliphatic rings. The van der Waals surface area contributed by atoms with E-state index in [1.807, 2.05) is 12.4 Å². The van der Waals surface area contributed by atoms with E-state index in [0.717, 1.165) is 44.2 Å². The molecule has 128 valence electrons. The summed E-state index contributed by atoms with van der Waals surface area (Å²) in [7, 11) is 2.07. The van der Waals surface area contributed by atoms with Crippen LogP contribution in [0.1, 0.15) is 36.8 Å². The Kier molecular flexibility index (Phi) is 3.85. The quantitative estimate of drug-likeness (QED) is 0.940. The monoisotopic (exact) mass is 326 g/mol. The van der Waals surface area contributed by atoms with Crippen LogP contribution in [0.2, 0.25) is 0 Å². The summed E-state index contributed by atoms with van der Waals surface area (Å²) in [5.74, 6) is 2.22. The zero-order valence-corrected chi connectivity index (χ0v) is 14.7. The van der Waals surface area contributed by atoms with Gasteiger partial charge in [-0.1, -0.05) is 18.2 Å². The molecule has 24 heavy (non-hydrogen) atoms. The molecular weight excluding hydrogens is 300 g/mol. The summed E-state index contributed by atoms with van der Waals surface area (Å²) in [5, 5.41) is 3.51. The fourth-order valence-electron chi connectivity index (χ4n) is 3.91. The van der Waals surface area contributed by atoms with Crippen molar-refractivity contribution in [1.29, 1.82) is 0 Å². The standard InChI is InChI=1S/C19H26N4O/c1-19(2)11-14-5-4-6-15(17(14)24-19)13-23-10-7-20-12-16(23)18-21-8-9-22(18)3/h4-6,8-9,16,20H,7,10-13H2,1-3H3. The molecule has 0 amide bonds. The lowest BCUT2D eigenvalue weighted by molar-refractivity contribution is 0.125. The minimum absolute atomic E-state index is 0.0963. The summed E-state index contributed by atoms with van der Waals surface area (Å²) < 4.78 is 8.38. The molecule has 0 bridgehead atoms. The van der Waals surface area contributed by atoms with Crippen molar-refractivity contribution in [2.45, 2.75) is 38.5 Å². The predicted molar refractivity (Wildman–Crippen MR) is 94.1 cm³/mol. The van der Waals surface area contributed by atoms with Crippen molar-refractivity contribution < 1.29 is 4.74 Å². The van der Waals surface area contributed by atoms with Gasteiger partial charge in [-0.25, -0.2) is 4.98 Å². The third-order valence-corrected chi connectivity index (χ3v) is 5.06. The molecular formula is C19H26N4O. The van der Waals surface area contributed by atoms with Crippen molar-refractivity contribution in [3.63, 3.8) is 0 Å². The smallest absolute Gasteiger partial charge is 0.127 e. The highest BCUT2D eigenvalue weighted by Crippen LogP contribution is 2.38. The molecule has 1 aromatic heterocycles. The molecule has 0 saturated carbocycles. The average Bonchev–Trinajstić information content (AvgIpc) is 3.10. The minimum atomic E-state index is -0.0963. The number of benzene rings is 1. The summed E-state index contributed by atoms with van der Waals surface area (Å²) in [5.41, 5.74) is 2.53. The fraction of sp³-hybridized carbons (Fsp3) is 0.526. The lowest BCUT2D eigenvalue weighted by Crippen LogP contribution is -2.46. The highest BCUT2D eigenvalue weighted by Gasteiger charge is 2.33. The maximum atomic E-state index is 6.25. The fourth-order valence-corrected chi connectivity index (χ4v) is 3.91. The number of piperazine rings is 1. The van der Waals surface area contributed by atoms with E-state index < -0.39 is 0 Å². The van der Waals surface area contributed by atoms with E-state index in [9.17, 15) is 0 Å². The molecule has 1 fully saturated rings. The van der Waals surface area contributed by atoms with Crippen LogP contribution >= 0.6 is 0 Å². The Hall–Kier alpha value is -1.85. The Morgan fingerprint density at radius 1 is 1.38 bits per heavy atom. The molecule has 3 heterocycles. The van der Waals surface area contributed by atoms with E-state index in [1.54, 1.807) is 0 Å². The van der Waals surface area contributed by atoms with Gasteiger partial charge in [-0.15, -0.1) is 0 Å². The number of fused-ring (bicyclic) bond motifs is 1. The summed E-state index contributed by atoms with van der Waals surface area (Å²) in [6.07, 6.45) is 4.89. The van der Waals surface area contributed by atoms with Gasteiger partial charge in [0.15, 0.2) is 0 Å². The Morgan fingerprint density at radius 2 is 2.25 bits per heavy atom. The molecule has 5 heteroatoms. The maximum Gasteiger partial charge on any atom is 0.127 e. The Bertz CT molecular complexity index is 737. The number of nitrogens with zero attached hydrogens (tertiary/aromatic N) is 3. The van der Waals surface area contributed by atoms with Crippen LogP contribution in [0.3, 0.4) is 0 Å². The normalized spacial score (nSPS) is 23.0. The van der Waals surface area contributed by atoms with Crippen LogP contribution in [0.15, 0.2) is 30.6 Å². The highest BCUT2D eigenvalue weighted by atomic mass is 16.5. The Labute approximate surface area is 143 Å². The number of nitrogens with one attached hydrogen (secondary N) is 1. The first-order chi connectivity index (χ1) is 11.5. The van der Waals surface area contributed by atoms with E-state index in [2.05, 4.69) is 58.9 Å². The van der Waals surface area contributed by atoms with Gasteiger partial charge in [0.1, 0.15) is 17.2 Å². The van der Waals surface area contributed by atoms with Crippen LogP contribution in [0, 0.1) is 0 Å². The molecule has 1 aromatic carbocycles. The van der Waals surface area contributed by atoms with E-state index in [1.165, 1.54) is 11.1 Å². The molecule has 1 atom stereocenters. The van der Waals surface area contributed by atoms with Crippen molar-refractivity contribution >= 4 is 0 Å². The third kappa shape index (κ3) is 2.82. The molecule has 2 aromatic rings. The van der Waals surface area contributed by atoms with Crippen molar-refractivity contribution in [3.05, 3.63) is 47.5 Å². The second kappa shape index (κ2) is 5.90. The van der Waals surface area contributed by atoms with Crippen LogP contribution in [-0.4, -0.2) is 39.7 Å². The van der Waals surface area contributed by atoms with Crippen molar-refractivity contribution in [2.75, 3.05) is 19.6 Å². The van der Waals surface area contributed by atoms with Crippen LogP contribution in [0.25, 0.3) is 0 Å².